The number of nitrogens with one attached hydrogen (secondary N) is 1. The maximum atomic E-state index is 13.9. The van der Waals surface area contributed by atoms with Crippen LogP contribution in [0.5, 0.6) is 0 Å². The van der Waals surface area contributed by atoms with Crippen molar-refractivity contribution in [1.82, 2.24) is 5.32 Å². The van der Waals surface area contributed by atoms with Gasteiger partial charge < -0.3 is 14.8 Å². The Bertz CT molecular complexity index is 581. The molecular formula is C16H19F2NO3. The normalized spacial score (nSPS) is 21.1. The lowest BCUT2D eigenvalue weighted by Crippen LogP contribution is -2.43. The topological polar surface area (TPSA) is 47.6 Å². The molecule has 1 heterocycles. The van der Waals surface area contributed by atoms with Crippen molar-refractivity contribution in [3.63, 3.8) is 0 Å². The maximum absolute atomic E-state index is 13.9. The molecule has 0 aliphatic carbocycles. The predicted molar refractivity (Wildman–Crippen MR) is 77.1 cm³/mol. The van der Waals surface area contributed by atoms with Gasteiger partial charge in [0.05, 0.1) is 12.3 Å². The molecule has 1 amide bonds. The molecule has 0 radical (unpaired) electrons. The minimum absolute atomic E-state index is 0.0606. The van der Waals surface area contributed by atoms with E-state index in [9.17, 15) is 13.6 Å². The second kappa shape index (κ2) is 6.34. The van der Waals surface area contributed by atoms with Crippen LogP contribution < -0.4 is 5.32 Å². The van der Waals surface area contributed by atoms with E-state index in [-0.39, 0.29) is 5.56 Å². The average Bonchev–Trinajstić information content (AvgIpc) is 2.40. The van der Waals surface area contributed by atoms with E-state index >= 15 is 0 Å². The van der Waals surface area contributed by atoms with Crippen molar-refractivity contribution in [2.75, 3.05) is 0 Å². The van der Waals surface area contributed by atoms with E-state index in [2.05, 4.69) is 5.32 Å². The Hall–Kier alpha value is -2.11. The first kappa shape index (κ1) is 16.3. The Kier molecular flexibility index (Phi) is 4.68. The van der Waals surface area contributed by atoms with E-state index in [1.54, 1.807) is 26.8 Å². The summed E-state index contributed by atoms with van der Waals surface area (Å²) >= 11 is 0. The number of alkyl carbamates (subject to hydrolysis) is 1. The van der Waals surface area contributed by atoms with Crippen molar-refractivity contribution >= 4 is 6.09 Å². The van der Waals surface area contributed by atoms with E-state index in [0.29, 0.717) is 6.42 Å². The molecule has 1 N–H and O–H groups in total. The van der Waals surface area contributed by atoms with Gasteiger partial charge in [-0.2, -0.15) is 0 Å². The molecule has 6 heteroatoms. The predicted octanol–water partition coefficient (Wildman–Crippen LogP) is 3.83. The van der Waals surface area contributed by atoms with Gasteiger partial charge in [0.15, 0.2) is 0 Å². The molecule has 0 aromatic heterocycles. The number of amides is 1. The molecule has 0 unspecified atom stereocenters. The highest BCUT2D eigenvalue weighted by Gasteiger charge is 2.31. The lowest BCUT2D eigenvalue weighted by molar-refractivity contribution is 0.0368. The Morgan fingerprint density at radius 1 is 1.36 bits per heavy atom. The van der Waals surface area contributed by atoms with E-state index < -0.39 is 35.5 Å². The van der Waals surface area contributed by atoms with Gasteiger partial charge in [0, 0.05) is 5.56 Å². The van der Waals surface area contributed by atoms with Crippen LogP contribution in [0.2, 0.25) is 0 Å². The minimum atomic E-state index is -0.812. The summed E-state index contributed by atoms with van der Waals surface area (Å²) < 4.78 is 37.9. The van der Waals surface area contributed by atoms with Gasteiger partial charge in [0.1, 0.15) is 23.3 Å². The van der Waals surface area contributed by atoms with Gasteiger partial charge in [-0.1, -0.05) is 0 Å². The van der Waals surface area contributed by atoms with Gasteiger partial charge in [-0.15, -0.1) is 0 Å². The lowest BCUT2D eigenvalue weighted by Gasteiger charge is -2.31. The fourth-order valence-electron chi connectivity index (χ4n) is 2.18. The number of benzene rings is 1. The van der Waals surface area contributed by atoms with Crippen molar-refractivity contribution in [2.24, 2.45) is 0 Å². The number of carbonyl (C=O) groups excluding carboxylic acids is 1. The molecule has 1 aliphatic rings. The molecule has 0 bridgehead atoms. The summed E-state index contributed by atoms with van der Waals surface area (Å²) in [6.07, 6.45) is 2.11. The average molecular weight is 311 g/mol. The summed E-state index contributed by atoms with van der Waals surface area (Å²) in [6.45, 7) is 5.23. The molecule has 1 aromatic carbocycles. The second-order valence-electron chi connectivity index (χ2n) is 6.08. The number of halogens is 2. The molecule has 0 saturated carbocycles. The summed E-state index contributed by atoms with van der Waals surface area (Å²) in [7, 11) is 0. The summed E-state index contributed by atoms with van der Waals surface area (Å²) in [4.78, 5) is 11.9. The Labute approximate surface area is 128 Å². The molecule has 1 aromatic rings. The maximum Gasteiger partial charge on any atom is 0.408 e. The number of ether oxygens (including phenoxy) is 2. The van der Waals surface area contributed by atoms with Crippen LogP contribution in [-0.2, 0) is 9.47 Å². The van der Waals surface area contributed by atoms with E-state index in [1.165, 1.54) is 6.26 Å². The molecule has 4 nitrogen and oxygen atoms in total. The molecule has 22 heavy (non-hydrogen) atoms. The van der Waals surface area contributed by atoms with Crippen LogP contribution in [0.4, 0.5) is 13.6 Å². The summed E-state index contributed by atoms with van der Waals surface area (Å²) in [5, 5.41) is 2.64. The van der Waals surface area contributed by atoms with Gasteiger partial charge in [0.25, 0.3) is 0 Å². The molecule has 0 spiro atoms. The Morgan fingerprint density at radius 2 is 2.09 bits per heavy atom. The molecule has 0 fully saturated rings. The van der Waals surface area contributed by atoms with Crippen molar-refractivity contribution in [3.8, 4) is 0 Å². The third kappa shape index (κ3) is 4.19. The smallest absolute Gasteiger partial charge is 0.408 e. The zero-order chi connectivity index (χ0) is 16.3. The summed E-state index contributed by atoms with van der Waals surface area (Å²) in [5.74, 6) is -1.15. The molecule has 0 saturated heterocycles. The number of hydrogen-bond acceptors (Lipinski definition) is 3. The molecule has 2 atom stereocenters. The van der Waals surface area contributed by atoms with Crippen LogP contribution in [-0.4, -0.2) is 17.7 Å². The zero-order valence-electron chi connectivity index (χ0n) is 12.7. The van der Waals surface area contributed by atoms with Gasteiger partial charge in [0.2, 0.25) is 0 Å². The Morgan fingerprint density at radius 3 is 2.77 bits per heavy atom. The van der Waals surface area contributed by atoms with Gasteiger partial charge >= 0.3 is 6.09 Å². The van der Waals surface area contributed by atoms with Crippen molar-refractivity contribution < 1.29 is 23.0 Å². The van der Waals surface area contributed by atoms with Gasteiger partial charge in [-0.3, -0.25) is 0 Å². The van der Waals surface area contributed by atoms with Crippen LogP contribution in [0.3, 0.4) is 0 Å². The number of carbonyl (C=O) groups is 1. The van der Waals surface area contributed by atoms with Crippen LogP contribution in [0.1, 0.15) is 38.9 Å². The SMILES string of the molecule is CC(C)(C)OC(=O)N[C@H]1CC=CO[C@@H]1c1cc(F)ccc1F. The highest BCUT2D eigenvalue weighted by molar-refractivity contribution is 5.68. The fraction of sp³-hybridized carbons (Fsp3) is 0.438. The van der Waals surface area contributed by atoms with E-state index in [0.717, 1.165) is 18.2 Å². The molecule has 1 aliphatic heterocycles. The van der Waals surface area contributed by atoms with Crippen molar-refractivity contribution in [3.05, 3.63) is 47.7 Å². The summed E-state index contributed by atoms with van der Waals surface area (Å²) in [5.41, 5.74) is -0.583. The molecule has 2 rings (SSSR count). The first-order chi connectivity index (χ1) is 10.3. The lowest BCUT2D eigenvalue weighted by atomic mass is 9.97. The van der Waals surface area contributed by atoms with Gasteiger partial charge in [-0.05, 0) is 51.5 Å². The monoisotopic (exact) mass is 311 g/mol. The number of rotatable bonds is 2. The van der Waals surface area contributed by atoms with Crippen LogP contribution in [0.15, 0.2) is 30.5 Å². The largest absolute Gasteiger partial charge is 0.491 e. The van der Waals surface area contributed by atoms with Crippen LogP contribution >= 0.6 is 0 Å². The molecular weight excluding hydrogens is 292 g/mol. The molecule has 120 valence electrons. The first-order valence-corrected chi connectivity index (χ1v) is 7.01. The van der Waals surface area contributed by atoms with Crippen molar-refractivity contribution in [1.29, 1.82) is 0 Å². The highest BCUT2D eigenvalue weighted by Crippen LogP contribution is 2.30. The first-order valence-electron chi connectivity index (χ1n) is 7.01. The number of hydrogen-bond donors (Lipinski definition) is 1. The fourth-order valence-corrected chi connectivity index (χ4v) is 2.18. The highest BCUT2D eigenvalue weighted by atomic mass is 19.1. The minimum Gasteiger partial charge on any atom is -0.491 e. The van der Waals surface area contributed by atoms with E-state index in [1.807, 2.05) is 0 Å². The standard InChI is InChI=1S/C16H19F2NO3/c1-16(2,3)22-15(20)19-13-5-4-8-21-14(13)11-9-10(17)6-7-12(11)18/h4,6-9,13-14H,5H2,1-3H3,(H,19,20)/t13-,14+/m0/s1. The van der Waals surface area contributed by atoms with Crippen LogP contribution in [0, 0.1) is 11.6 Å². The zero-order valence-corrected chi connectivity index (χ0v) is 12.7. The van der Waals surface area contributed by atoms with E-state index in [4.69, 9.17) is 9.47 Å². The third-order valence-electron chi connectivity index (χ3n) is 3.04. The quantitative estimate of drug-likeness (QED) is 0.903. The van der Waals surface area contributed by atoms with Gasteiger partial charge in [-0.25, -0.2) is 13.6 Å². The van der Waals surface area contributed by atoms with Crippen molar-refractivity contribution in [2.45, 2.75) is 44.9 Å². The third-order valence-corrected chi connectivity index (χ3v) is 3.04. The second-order valence-corrected chi connectivity index (χ2v) is 6.08. The Balaban J connectivity index is 2.17. The summed E-state index contributed by atoms with van der Waals surface area (Å²) in [6, 6.07) is 2.60. The van der Waals surface area contributed by atoms with Crippen LogP contribution in [0.25, 0.3) is 0 Å².